The summed E-state index contributed by atoms with van der Waals surface area (Å²) in [5.74, 6) is -0.352. The minimum absolute atomic E-state index is 0.104. The molecule has 0 fully saturated rings. The maximum Gasteiger partial charge on any atom is 0.573 e. The van der Waals surface area contributed by atoms with Gasteiger partial charge in [-0.15, -0.1) is 13.2 Å². The highest BCUT2D eigenvalue weighted by molar-refractivity contribution is 5.99. The predicted molar refractivity (Wildman–Crippen MR) is 189 cm³/mol. The molecule has 0 saturated heterocycles. The van der Waals surface area contributed by atoms with E-state index in [0.29, 0.717) is 34.4 Å². The van der Waals surface area contributed by atoms with E-state index in [-0.39, 0.29) is 42.3 Å². The Hall–Kier alpha value is -5.93. The molecule has 3 heterocycles. The minimum Gasteiger partial charge on any atom is -0.406 e. The number of nitrogens with two attached hydrogens (primary N) is 2. The summed E-state index contributed by atoms with van der Waals surface area (Å²) in [6.07, 6.45) is -5.91. The zero-order valence-electron chi connectivity index (χ0n) is 29.3. The number of halogens is 6. The average Bonchev–Trinajstić information content (AvgIpc) is 3.45. The summed E-state index contributed by atoms with van der Waals surface area (Å²) < 4.78 is 80.4. The first-order valence-corrected chi connectivity index (χ1v) is 16.6. The second kappa shape index (κ2) is 13.8. The summed E-state index contributed by atoms with van der Waals surface area (Å²) in [7, 11) is 3.13. The van der Waals surface area contributed by atoms with Gasteiger partial charge >= 0.3 is 12.5 Å². The number of hydrogen-bond donors (Lipinski definition) is 2. The summed E-state index contributed by atoms with van der Waals surface area (Å²) in [5.41, 5.74) is 14.1. The molecular weight excluding hydrogens is 716 g/mol. The molecule has 1 aliphatic carbocycles. The number of carbonyl (C=O) groups is 2. The van der Waals surface area contributed by atoms with Crippen molar-refractivity contribution < 1.29 is 40.7 Å². The molecule has 1 aromatic heterocycles. The number of aromatic nitrogens is 1. The van der Waals surface area contributed by atoms with Gasteiger partial charge in [0.1, 0.15) is 5.75 Å². The van der Waals surface area contributed by atoms with Crippen molar-refractivity contribution >= 4 is 23.7 Å². The Kier molecular flexibility index (Phi) is 9.67. The van der Waals surface area contributed by atoms with Crippen LogP contribution in [0.3, 0.4) is 0 Å². The van der Waals surface area contributed by atoms with Gasteiger partial charge in [-0.1, -0.05) is 36.4 Å². The number of rotatable bonds is 4. The number of carbonyl (C=O) groups excluding carboxylic acids is 2. The van der Waals surface area contributed by atoms with Crippen molar-refractivity contribution in [3.63, 3.8) is 0 Å². The number of aryl methyl sites for hydroxylation is 1. The average molecular weight is 752 g/mol. The van der Waals surface area contributed by atoms with E-state index in [9.17, 15) is 35.9 Å². The van der Waals surface area contributed by atoms with Gasteiger partial charge in [-0.3, -0.25) is 24.4 Å². The van der Waals surface area contributed by atoms with Crippen LogP contribution < -0.4 is 16.2 Å². The summed E-state index contributed by atoms with van der Waals surface area (Å²) in [6, 6.07) is 19.7. The van der Waals surface area contributed by atoms with Crippen molar-refractivity contribution in [2.75, 3.05) is 14.1 Å². The lowest BCUT2D eigenvalue weighted by molar-refractivity contribution is -0.274. The maximum atomic E-state index is 13.0. The third-order valence-electron chi connectivity index (χ3n) is 9.75. The lowest BCUT2D eigenvalue weighted by Gasteiger charge is -2.34. The van der Waals surface area contributed by atoms with E-state index in [4.69, 9.17) is 11.5 Å². The van der Waals surface area contributed by atoms with Gasteiger partial charge in [0.05, 0.1) is 35.2 Å². The van der Waals surface area contributed by atoms with Crippen molar-refractivity contribution in [2.24, 2.45) is 21.5 Å². The molecule has 7 rings (SSSR count). The zero-order chi connectivity index (χ0) is 39.2. The Morgan fingerprint density at radius 1 is 0.759 bits per heavy atom. The van der Waals surface area contributed by atoms with Crippen LogP contribution in [-0.4, -0.2) is 59.0 Å². The molecule has 3 aliphatic rings. The molecule has 2 atom stereocenters. The normalized spacial score (nSPS) is 21.3. The molecule has 10 nitrogen and oxygen atoms in total. The Balaban J connectivity index is 0.000000184. The van der Waals surface area contributed by atoms with Crippen molar-refractivity contribution in [2.45, 2.75) is 56.2 Å². The van der Waals surface area contributed by atoms with Crippen LogP contribution in [0, 0.1) is 0 Å². The summed E-state index contributed by atoms with van der Waals surface area (Å²) in [5, 5.41) is 0. The second-order valence-electron chi connectivity index (χ2n) is 13.5. The van der Waals surface area contributed by atoms with E-state index in [2.05, 4.69) is 19.7 Å². The topological polar surface area (TPSA) is 140 Å². The number of nitrogens with zero attached hydrogens (tertiary/aromatic N) is 5. The SMILES string of the molecule is CN1C(=O)C[C@@](C)(c2ccnc(-c3cccc(OC(F)(F)F)c3)c2)N=C1N.CN1C(=O)C[C@]2(CCc3ccc(-c4cccc(C(F)(F)F)c4)cc32)N=C1N. The van der Waals surface area contributed by atoms with Crippen LogP contribution in [0.5, 0.6) is 5.75 Å². The fourth-order valence-electron chi connectivity index (χ4n) is 6.74. The van der Waals surface area contributed by atoms with Gasteiger partial charge in [-0.05, 0) is 90.0 Å². The van der Waals surface area contributed by atoms with Gasteiger partial charge in [-0.2, -0.15) is 13.2 Å². The fraction of sp³-hybridized carbons (Fsp3) is 0.289. The Labute approximate surface area is 306 Å². The maximum absolute atomic E-state index is 13.0. The summed E-state index contributed by atoms with van der Waals surface area (Å²) in [4.78, 5) is 40.3. The molecule has 4 aromatic rings. The van der Waals surface area contributed by atoms with Crippen LogP contribution in [0.2, 0.25) is 0 Å². The highest BCUT2D eigenvalue weighted by Crippen LogP contribution is 2.46. The van der Waals surface area contributed by atoms with Crippen LogP contribution >= 0.6 is 0 Å². The van der Waals surface area contributed by atoms with Gasteiger partial charge in [0.2, 0.25) is 11.8 Å². The molecule has 16 heteroatoms. The summed E-state index contributed by atoms with van der Waals surface area (Å²) in [6.45, 7) is 1.77. The first-order valence-electron chi connectivity index (χ1n) is 16.6. The fourth-order valence-corrected chi connectivity index (χ4v) is 6.74. The Morgan fingerprint density at radius 3 is 2.07 bits per heavy atom. The molecule has 0 unspecified atom stereocenters. The van der Waals surface area contributed by atoms with Gasteiger partial charge in [0, 0.05) is 25.9 Å². The zero-order valence-corrected chi connectivity index (χ0v) is 29.3. The Bertz CT molecular complexity index is 2190. The highest BCUT2D eigenvalue weighted by atomic mass is 19.4. The first-order chi connectivity index (χ1) is 25.3. The molecule has 2 amide bonds. The molecule has 282 valence electrons. The van der Waals surface area contributed by atoms with Crippen LogP contribution in [0.4, 0.5) is 26.3 Å². The van der Waals surface area contributed by atoms with Crippen molar-refractivity contribution in [1.29, 1.82) is 0 Å². The van der Waals surface area contributed by atoms with Crippen LogP contribution in [0.25, 0.3) is 22.4 Å². The molecule has 54 heavy (non-hydrogen) atoms. The number of amides is 2. The highest BCUT2D eigenvalue weighted by Gasteiger charge is 2.45. The van der Waals surface area contributed by atoms with Gasteiger partial charge < -0.3 is 16.2 Å². The largest absolute Gasteiger partial charge is 0.573 e. The van der Waals surface area contributed by atoms with E-state index in [1.807, 2.05) is 18.2 Å². The smallest absolute Gasteiger partial charge is 0.406 e. The van der Waals surface area contributed by atoms with Crippen LogP contribution in [0.15, 0.2) is 95.0 Å². The molecular formula is C38H35F6N7O3. The first kappa shape index (κ1) is 37.8. The van der Waals surface area contributed by atoms with Gasteiger partial charge in [0.25, 0.3) is 0 Å². The third-order valence-corrected chi connectivity index (χ3v) is 9.75. The third kappa shape index (κ3) is 7.72. The summed E-state index contributed by atoms with van der Waals surface area (Å²) >= 11 is 0. The number of hydrogen-bond acceptors (Lipinski definition) is 8. The molecule has 4 N–H and O–H groups in total. The van der Waals surface area contributed by atoms with E-state index < -0.39 is 29.2 Å². The van der Waals surface area contributed by atoms with Crippen molar-refractivity contribution in [3.05, 3.63) is 107 Å². The van der Waals surface area contributed by atoms with Crippen LogP contribution in [0.1, 0.15) is 48.4 Å². The standard InChI is InChI=1S/C20H18F3N3O.C18H17F3N4O2/c1-26-17(27)11-19(25-18(26)24)8-7-12-5-6-14(10-16(12)19)13-3-2-4-15(9-13)20(21,22)23;1-17(10-15(26)25(2)16(22)24-17)12-6-7-23-14(9-12)11-4-3-5-13(8-11)27-18(19,20)21/h2-6,9-10H,7-8,11H2,1H3,(H2,24,25);3-9H,10H2,1-2H3,(H2,22,24)/t19-;17-/m00/s1. The molecule has 0 radical (unpaired) electrons. The number of benzene rings is 3. The number of alkyl halides is 6. The van der Waals surface area contributed by atoms with Gasteiger partial charge in [0.15, 0.2) is 11.9 Å². The van der Waals surface area contributed by atoms with Crippen molar-refractivity contribution in [3.8, 4) is 28.1 Å². The van der Waals surface area contributed by atoms with Crippen molar-refractivity contribution in [1.82, 2.24) is 14.8 Å². The number of guanidine groups is 2. The van der Waals surface area contributed by atoms with E-state index in [1.54, 1.807) is 45.3 Å². The number of fused-ring (bicyclic) bond motifs is 2. The van der Waals surface area contributed by atoms with Crippen LogP contribution in [-0.2, 0) is 33.3 Å². The molecule has 3 aromatic carbocycles. The lowest BCUT2D eigenvalue weighted by atomic mass is 9.85. The minimum atomic E-state index is -4.78. The number of pyridine rings is 1. The lowest BCUT2D eigenvalue weighted by Crippen LogP contribution is -2.47. The van der Waals surface area contributed by atoms with E-state index in [0.717, 1.165) is 29.7 Å². The molecule has 2 aliphatic heterocycles. The molecule has 1 spiro atoms. The molecule has 0 bridgehead atoms. The van der Waals surface area contributed by atoms with Gasteiger partial charge in [-0.25, -0.2) is 9.98 Å². The number of ether oxygens (including phenoxy) is 1. The number of aliphatic imine (C=N–C) groups is 2. The second-order valence-corrected chi connectivity index (χ2v) is 13.5. The Morgan fingerprint density at radius 2 is 1.41 bits per heavy atom. The predicted octanol–water partition coefficient (Wildman–Crippen LogP) is 6.73. The molecule has 0 saturated carbocycles. The van der Waals surface area contributed by atoms with E-state index >= 15 is 0 Å². The monoisotopic (exact) mass is 751 g/mol. The van der Waals surface area contributed by atoms with E-state index in [1.165, 1.54) is 40.3 Å². The quantitative estimate of drug-likeness (QED) is 0.222.